The van der Waals surface area contributed by atoms with Gasteiger partial charge in [-0.05, 0) is 38.5 Å². The van der Waals surface area contributed by atoms with Gasteiger partial charge in [0.2, 0.25) is 0 Å². The van der Waals surface area contributed by atoms with Crippen molar-refractivity contribution in [2.45, 2.75) is 138 Å². The van der Waals surface area contributed by atoms with E-state index in [0.717, 1.165) is 0 Å². The van der Waals surface area contributed by atoms with Gasteiger partial charge in [-0.2, -0.15) is 0 Å². The van der Waals surface area contributed by atoms with Gasteiger partial charge in [-0.3, -0.25) is 0 Å². The molecule has 0 saturated carbocycles. The van der Waals surface area contributed by atoms with Gasteiger partial charge in [0.05, 0.1) is 69.7 Å². The highest BCUT2D eigenvalue weighted by atomic mass is 16.5. The van der Waals surface area contributed by atoms with Crippen molar-refractivity contribution in [3.63, 3.8) is 0 Å². The molecular weight excluding hydrogens is 568 g/mol. The summed E-state index contributed by atoms with van der Waals surface area (Å²) in [6.45, 7) is 1.04. The van der Waals surface area contributed by atoms with Crippen molar-refractivity contribution in [2.24, 2.45) is 17.8 Å². The summed E-state index contributed by atoms with van der Waals surface area (Å²) >= 11 is 0. The fourth-order valence-electron chi connectivity index (χ4n) is 6.87. The first-order chi connectivity index (χ1) is 20.1. The van der Waals surface area contributed by atoms with Crippen LogP contribution in [-0.4, -0.2) is 152 Å². The van der Waals surface area contributed by atoms with E-state index in [2.05, 4.69) is 0 Å². The summed E-state index contributed by atoms with van der Waals surface area (Å²) in [6, 6.07) is 0. The maximum Gasteiger partial charge on any atom is 0.111 e. The summed E-state index contributed by atoms with van der Waals surface area (Å²) in [7, 11) is 0. The minimum Gasteiger partial charge on any atom is -0.390 e. The summed E-state index contributed by atoms with van der Waals surface area (Å²) < 4.78 is 22.5. The molecule has 0 aromatic carbocycles. The minimum atomic E-state index is -1.25. The van der Waals surface area contributed by atoms with E-state index >= 15 is 0 Å². The van der Waals surface area contributed by atoms with Crippen LogP contribution in [0.2, 0.25) is 0 Å². The zero-order valence-electron chi connectivity index (χ0n) is 24.2. The second-order valence-electron chi connectivity index (χ2n) is 12.8. The molecule has 254 valence electrons. The van der Waals surface area contributed by atoms with Crippen molar-refractivity contribution in [2.75, 3.05) is 33.0 Å². The van der Waals surface area contributed by atoms with Crippen LogP contribution in [0.1, 0.15) is 65.2 Å². The van der Waals surface area contributed by atoms with Gasteiger partial charge in [0.15, 0.2) is 0 Å². The Labute approximate surface area is 254 Å². The third-order valence-corrected chi connectivity index (χ3v) is 9.77. The van der Waals surface area contributed by atoms with Gasteiger partial charge >= 0.3 is 0 Å². The van der Waals surface area contributed by atoms with E-state index in [1.54, 1.807) is 0 Å². The predicted octanol–water partition coefficient (Wildman–Crippen LogP) is -1.54. The van der Waals surface area contributed by atoms with Crippen LogP contribution < -0.4 is 0 Å². The highest BCUT2D eigenvalue weighted by molar-refractivity contribution is 4.91. The Morgan fingerprint density at radius 2 is 0.744 bits per heavy atom. The molecule has 4 saturated heterocycles. The SMILES string of the molecule is C.OC1COC[C@@H](CCC[C@@H]2OC[C@@H](CCC[C@@H]3OC[C@@H](CCC[C@@H]4OC[C@@H](O)[C@@H](O)C4O)[C@@H](O)C3O)[C@@H](O)C2O)[C@H]1O. The van der Waals surface area contributed by atoms with Gasteiger partial charge in [0, 0.05) is 17.8 Å². The number of aliphatic hydroxyl groups is 9. The summed E-state index contributed by atoms with van der Waals surface area (Å²) in [6.07, 6.45) is -5.92. The van der Waals surface area contributed by atoms with E-state index in [1.807, 2.05) is 0 Å². The molecule has 4 unspecified atom stereocenters. The van der Waals surface area contributed by atoms with Crippen LogP contribution >= 0.6 is 0 Å². The van der Waals surface area contributed by atoms with Gasteiger partial charge in [-0.1, -0.05) is 26.7 Å². The molecule has 15 atom stereocenters. The standard InChI is InChI=1S/C29H52O13.CH4/c30-18-13-39-10-15(23(18)32)4-1-7-20-27(36)24(33)16(11-40-20)5-2-8-21-28(37)25(34)17(12-41-21)6-3-9-22-29(38)26(35)19(31)14-42-22;/h15-38H,1-14H2;1H4/t15-,16-,17-,18?,19-,20+,21+,22+,23-,24-,25-,26-,27?,28?,29?;/m1./s1. The Kier molecular flexibility index (Phi) is 15.0. The van der Waals surface area contributed by atoms with Crippen LogP contribution in [-0.2, 0) is 18.9 Å². The summed E-state index contributed by atoms with van der Waals surface area (Å²) in [5.41, 5.74) is 0. The van der Waals surface area contributed by atoms with E-state index in [9.17, 15) is 46.0 Å². The number of hydrogen-bond donors (Lipinski definition) is 9. The van der Waals surface area contributed by atoms with Crippen molar-refractivity contribution < 1.29 is 64.9 Å². The van der Waals surface area contributed by atoms with Crippen LogP contribution in [0.5, 0.6) is 0 Å². The predicted molar refractivity (Wildman–Crippen MR) is 153 cm³/mol. The van der Waals surface area contributed by atoms with E-state index in [0.29, 0.717) is 71.0 Å². The Morgan fingerprint density at radius 3 is 1.21 bits per heavy atom. The molecular formula is C30H56O13. The molecule has 13 heteroatoms. The quantitative estimate of drug-likeness (QED) is 0.120. The lowest BCUT2D eigenvalue weighted by molar-refractivity contribution is -0.190. The van der Waals surface area contributed by atoms with Crippen LogP contribution in [0, 0.1) is 17.8 Å². The van der Waals surface area contributed by atoms with Crippen molar-refractivity contribution in [1.82, 2.24) is 0 Å². The van der Waals surface area contributed by atoms with Crippen LogP contribution in [0.15, 0.2) is 0 Å². The molecule has 43 heavy (non-hydrogen) atoms. The molecule has 0 bridgehead atoms. The van der Waals surface area contributed by atoms with Crippen LogP contribution in [0.25, 0.3) is 0 Å². The Hall–Kier alpha value is -0.520. The Balaban J connectivity index is 0.00000506. The van der Waals surface area contributed by atoms with E-state index in [1.165, 1.54) is 0 Å². The number of aliphatic hydroxyl groups excluding tert-OH is 9. The van der Waals surface area contributed by atoms with Gasteiger partial charge in [0.1, 0.15) is 36.6 Å². The number of rotatable bonds is 12. The Morgan fingerprint density at radius 1 is 0.372 bits per heavy atom. The van der Waals surface area contributed by atoms with Gasteiger partial charge in [-0.25, -0.2) is 0 Å². The van der Waals surface area contributed by atoms with Crippen molar-refractivity contribution in [3.05, 3.63) is 0 Å². The number of ether oxygens (including phenoxy) is 4. The van der Waals surface area contributed by atoms with E-state index in [-0.39, 0.29) is 45.0 Å². The third-order valence-electron chi connectivity index (χ3n) is 9.77. The third kappa shape index (κ3) is 9.50. The zero-order valence-corrected chi connectivity index (χ0v) is 24.2. The van der Waals surface area contributed by atoms with Crippen molar-refractivity contribution in [1.29, 1.82) is 0 Å². The smallest absolute Gasteiger partial charge is 0.111 e. The van der Waals surface area contributed by atoms with Gasteiger partial charge in [-0.15, -0.1) is 0 Å². The molecule has 9 N–H and O–H groups in total. The monoisotopic (exact) mass is 624 g/mol. The second kappa shape index (κ2) is 17.4. The molecule has 13 nitrogen and oxygen atoms in total. The molecule has 0 aromatic heterocycles. The van der Waals surface area contributed by atoms with Crippen LogP contribution in [0.3, 0.4) is 0 Å². The first kappa shape index (κ1) is 36.9. The highest BCUT2D eigenvalue weighted by Gasteiger charge is 2.41. The molecule has 4 rings (SSSR count). The molecule has 4 heterocycles. The summed E-state index contributed by atoms with van der Waals surface area (Å²) in [4.78, 5) is 0. The molecule has 4 aliphatic rings. The minimum absolute atomic E-state index is 0. The lowest BCUT2D eigenvalue weighted by Crippen LogP contribution is -2.53. The highest BCUT2D eigenvalue weighted by Crippen LogP contribution is 2.32. The van der Waals surface area contributed by atoms with Crippen molar-refractivity contribution >= 4 is 0 Å². The van der Waals surface area contributed by atoms with E-state index < -0.39 is 73.2 Å². The average molecular weight is 625 g/mol. The molecule has 0 amide bonds. The Bertz CT molecular complexity index is 791. The first-order valence-corrected chi connectivity index (χ1v) is 15.6. The molecule has 4 aliphatic heterocycles. The fraction of sp³-hybridized carbons (Fsp3) is 1.00. The van der Waals surface area contributed by atoms with Gasteiger partial charge in [0.25, 0.3) is 0 Å². The second-order valence-corrected chi connectivity index (χ2v) is 12.8. The topological polar surface area (TPSA) is 219 Å². The first-order valence-electron chi connectivity index (χ1n) is 15.6. The largest absolute Gasteiger partial charge is 0.390 e. The molecule has 0 aliphatic carbocycles. The fourth-order valence-corrected chi connectivity index (χ4v) is 6.87. The molecule has 0 aromatic rings. The molecule has 0 radical (unpaired) electrons. The number of hydrogen-bond acceptors (Lipinski definition) is 13. The molecule has 0 spiro atoms. The van der Waals surface area contributed by atoms with Crippen molar-refractivity contribution in [3.8, 4) is 0 Å². The van der Waals surface area contributed by atoms with E-state index in [4.69, 9.17) is 18.9 Å². The van der Waals surface area contributed by atoms with Gasteiger partial charge < -0.3 is 64.9 Å². The summed E-state index contributed by atoms with van der Waals surface area (Å²) in [5.74, 6) is -0.725. The lowest BCUT2D eigenvalue weighted by atomic mass is 9.84. The normalized spacial score (nSPS) is 45.8. The lowest BCUT2D eigenvalue weighted by Gasteiger charge is -2.40. The summed E-state index contributed by atoms with van der Waals surface area (Å²) in [5, 5.41) is 92.1. The molecule has 4 fully saturated rings. The van der Waals surface area contributed by atoms with Crippen LogP contribution in [0.4, 0.5) is 0 Å². The maximum absolute atomic E-state index is 10.7. The average Bonchev–Trinajstić information content (AvgIpc) is 2.97. The maximum atomic E-state index is 10.7. The zero-order chi connectivity index (χ0) is 30.4.